The van der Waals surface area contributed by atoms with E-state index in [1.165, 1.54) is 7.11 Å². The highest BCUT2D eigenvalue weighted by molar-refractivity contribution is 5.97. The summed E-state index contributed by atoms with van der Waals surface area (Å²) < 4.78 is 7.36. The summed E-state index contributed by atoms with van der Waals surface area (Å²) >= 11 is 0. The normalized spacial score (nSPS) is 17.2. The number of aromatic nitrogens is 1. The van der Waals surface area contributed by atoms with Crippen molar-refractivity contribution in [3.8, 4) is 5.75 Å². The van der Waals surface area contributed by atoms with Gasteiger partial charge in [0.05, 0.1) is 29.5 Å². The zero-order valence-electron chi connectivity index (χ0n) is 12.3. The van der Waals surface area contributed by atoms with Crippen LogP contribution in [0.25, 0.3) is 10.9 Å². The lowest BCUT2D eigenvalue weighted by Gasteiger charge is -2.08. The van der Waals surface area contributed by atoms with E-state index in [0.717, 1.165) is 35.3 Å². The number of aliphatic hydroxyl groups excluding tert-OH is 1. The lowest BCUT2D eigenvalue weighted by atomic mass is 9.99. The average Bonchev–Trinajstić information content (AvgIpc) is 2.98. The average molecular weight is 290 g/mol. The maximum atomic E-state index is 11.5. The number of aryl methyl sites for hydroxylation is 3. The Morgan fingerprint density at radius 2 is 2.24 bits per heavy atom. The van der Waals surface area contributed by atoms with Crippen molar-refractivity contribution < 1.29 is 14.8 Å². The molecule has 6 heteroatoms. The lowest BCUT2D eigenvalue weighted by Crippen LogP contribution is -2.01. The first-order valence-electron chi connectivity index (χ1n) is 6.96. The maximum absolute atomic E-state index is 11.5. The van der Waals surface area contributed by atoms with E-state index in [0.29, 0.717) is 11.1 Å². The zero-order valence-corrected chi connectivity index (χ0v) is 12.3. The first kappa shape index (κ1) is 13.9. The molecule has 2 aromatic rings. The smallest absolute Gasteiger partial charge is 0.320 e. The Labute approximate surface area is 122 Å². The molecular weight excluding hydrogens is 272 g/mol. The van der Waals surface area contributed by atoms with Crippen LogP contribution in [-0.2, 0) is 6.54 Å². The van der Waals surface area contributed by atoms with Gasteiger partial charge in [-0.2, -0.15) is 0 Å². The molecule has 6 nitrogen and oxygen atoms in total. The van der Waals surface area contributed by atoms with Crippen LogP contribution in [0.1, 0.15) is 29.2 Å². The molecular formula is C15H18N2O4. The van der Waals surface area contributed by atoms with Gasteiger partial charge in [-0.1, -0.05) is 0 Å². The number of nitrogens with zero attached hydrogens (tertiary/aromatic N) is 2. The van der Waals surface area contributed by atoms with Gasteiger partial charge in [-0.3, -0.25) is 10.1 Å². The van der Waals surface area contributed by atoms with E-state index in [1.54, 1.807) is 0 Å². The Kier molecular flexibility index (Phi) is 3.13. The third kappa shape index (κ3) is 1.75. The number of fused-ring (bicyclic) bond motifs is 3. The maximum Gasteiger partial charge on any atom is 0.320 e. The standard InChI is InChI=1S/C15H18N2O4/c1-8-6-11-12(14(17(19)20)15(8)21-3)9(2)13-10(7-18)4-5-16(11)13/h6,10,18H,4-5,7H2,1-3H3. The second kappa shape index (κ2) is 4.73. The predicted molar refractivity (Wildman–Crippen MR) is 79.1 cm³/mol. The Morgan fingerprint density at radius 1 is 1.52 bits per heavy atom. The van der Waals surface area contributed by atoms with Crippen LogP contribution >= 0.6 is 0 Å². The van der Waals surface area contributed by atoms with Crippen LogP contribution in [0.3, 0.4) is 0 Å². The molecule has 0 saturated carbocycles. The van der Waals surface area contributed by atoms with E-state index < -0.39 is 0 Å². The van der Waals surface area contributed by atoms with Gasteiger partial charge in [0.2, 0.25) is 5.75 Å². The van der Waals surface area contributed by atoms with Crippen LogP contribution in [0.15, 0.2) is 6.07 Å². The summed E-state index contributed by atoms with van der Waals surface area (Å²) in [7, 11) is 1.46. The van der Waals surface area contributed by atoms with Crippen molar-refractivity contribution in [2.24, 2.45) is 0 Å². The van der Waals surface area contributed by atoms with Gasteiger partial charge in [0.1, 0.15) is 0 Å². The molecule has 2 heterocycles. The number of rotatable bonds is 3. The highest BCUT2D eigenvalue weighted by atomic mass is 16.6. The third-order valence-electron chi connectivity index (χ3n) is 4.46. The summed E-state index contributed by atoms with van der Waals surface area (Å²) in [5.74, 6) is 0.378. The molecule has 0 amide bonds. The topological polar surface area (TPSA) is 77.5 Å². The van der Waals surface area contributed by atoms with Crippen molar-refractivity contribution in [3.05, 3.63) is 33.0 Å². The first-order chi connectivity index (χ1) is 10.0. The van der Waals surface area contributed by atoms with E-state index in [-0.39, 0.29) is 23.1 Å². The summed E-state index contributed by atoms with van der Waals surface area (Å²) in [6.07, 6.45) is 0.876. The zero-order chi connectivity index (χ0) is 15.3. The van der Waals surface area contributed by atoms with E-state index in [9.17, 15) is 15.2 Å². The molecule has 0 aliphatic carbocycles. The minimum absolute atomic E-state index is 0.0311. The highest BCUT2D eigenvalue weighted by Crippen LogP contribution is 2.45. The SMILES string of the molecule is COc1c(C)cc2c(c(C)c3n2CCC3CO)c1[N+](=O)[O-]. The number of aliphatic hydroxyl groups is 1. The molecule has 1 aliphatic rings. The summed E-state index contributed by atoms with van der Waals surface area (Å²) in [5, 5.41) is 21.7. The predicted octanol–water partition coefficient (Wildman–Crippen LogP) is 2.65. The van der Waals surface area contributed by atoms with Gasteiger partial charge in [-0.25, -0.2) is 0 Å². The fraction of sp³-hybridized carbons (Fsp3) is 0.467. The van der Waals surface area contributed by atoms with Gasteiger partial charge >= 0.3 is 5.69 Å². The molecule has 0 radical (unpaired) electrons. The summed E-state index contributed by atoms with van der Waals surface area (Å²) in [5.41, 5.74) is 3.55. The van der Waals surface area contributed by atoms with Crippen LogP contribution in [-0.4, -0.2) is 28.3 Å². The number of hydrogen-bond donors (Lipinski definition) is 1. The van der Waals surface area contributed by atoms with Crippen molar-refractivity contribution in [2.75, 3.05) is 13.7 Å². The molecule has 0 fully saturated rings. The molecule has 1 atom stereocenters. The van der Waals surface area contributed by atoms with Crippen molar-refractivity contribution in [1.29, 1.82) is 0 Å². The number of ether oxygens (including phenoxy) is 1. The van der Waals surface area contributed by atoms with Gasteiger partial charge in [-0.05, 0) is 31.9 Å². The Morgan fingerprint density at radius 3 is 2.81 bits per heavy atom. The van der Waals surface area contributed by atoms with Crippen LogP contribution in [0, 0.1) is 24.0 Å². The van der Waals surface area contributed by atoms with Gasteiger partial charge < -0.3 is 14.4 Å². The van der Waals surface area contributed by atoms with Crippen molar-refractivity contribution in [1.82, 2.24) is 4.57 Å². The van der Waals surface area contributed by atoms with Crippen LogP contribution < -0.4 is 4.74 Å². The number of hydrogen-bond acceptors (Lipinski definition) is 4. The van der Waals surface area contributed by atoms with Crippen molar-refractivity contribution >= 4 is 16.6 Å². The van der Waals surface area contributed by atoms with Gasteiger partial charge in [0, 0.05) is 23.7 Å². The summed E-state index contributed by atoms with van der Waals surface area (Å²) in [4.78, 5) is 11.2. The molecule has 1 aromatic carbocycles. The molecule has 1 unspecified atom stereocenters. The monoisotopic (exact) mass is 290 g/mol. The minimum Gasteiger partial charge on any atom is -0.490 e. The number of nitro groups is 1. The number of methoxy groups -OCH3 is 1. The van der Waals surface area contributed by atoms with E-state index in [2.05, 4.69) is 4.57 Å². The van der Waals surface area contributed by atoms with Gasteiger partial charge in [0.25, 0.3) is 0 Å². The van der Waals surface area contributed by atoms with E-state index in [4.69, 9.17) is 4.74 Å². The van der Waals surface area contributed by atoms with Crippen LogP contribution in [0.4, 0.5) is 5.69 Å². The fourth-order valence-electron chi connectivity index (χ4n) is 3.61. The first-order valence-corrected chi connectivity index (χ1v) is 6.96. The third-order valence-corrected chi connectivity index (χ3v) is 4.46. The molecule has 0 spiro atoms. The highest BCUT2D eigenvalue weighted by Gasteiger charge is 2.33. The van der Waals surface area contributed by atoms with E-state index >= 15 is 0 Å². The van der Waals surface area contributed by atoms with Crippen molar-refractivity contribution in [3.63, 3.8) is 0 Å². The molecule has 3 rings (SSSR count). The Bertz CT molecular complexity index is 748. The van der Waals surface area contributed by atoms with Gasteiger partial charge in [-0.15, -0.1) is 0 Å². The van der Waals surface area contributed by atoms with Gasteiger partial charge in [0.15, 0.2) is 0 Å². The minimum atomic E-state index is -0.370. The molecule has 1 aromatic heterocycles. The number of nitro benzene ring substituents is 1. The quantitative estimate of drug-likeness (QED) is 0.696. The van der Waals surface area contributed by atoms with Crippen molar-refractivity contribution in [2.45, 2.75) is 32.7 Å². The van der Waals surface area contributed by atoms with Crippen LogP contribution in [0.5, 0.6) is 5.75 Å². The Hall–Kier alpha value is -2.08. The molecule has 0 bridgehead atoms. The second-order valence-corrected chi connectivity index (χ2v) is 5.56. The fourth-order valence-corrected chi connectivity index (χ4v) is 3.61. The van der Waals surface area contributed by atoms with E-state index in [1.807, 2.05) is 19.9 Å². The lowest BCUT2D eigenvalue weighted by molar-refractivity contribution is -0.384. The molecule has 1 aliphatic heterocycles. The summed E-state index contributed by atoms with van der Waals surface area (Å²) in [6, 6.07) is 1.94. The summed E-state index contributed by atoms with van der Waals surface area (Å²) in [6.45, 7) is 4.57. The number of benzene rings is 1. The molecule has 0 saturated heterocycles. The largest absolute Gasteiger partial charge is 0.490 e. The molecule has 21 heavy (non-hydrogen) atoms. The molecule has 1 N–H and O–H groups in total. The van der Waals surface area contributed by atoms with Crippen LogP contribution in [0.2, 0.25) is 0 Å². The Balaban J connectivity index is 2.45. The second-order valence-electron chi connectivity index (χ2n) is 5.56. The molecule has 112 valence electrons.